The Morgan fingerprint density at radius 3 is 2.80 bits per heavy atom. The first kappa shape index (κ1) is 9.10. The number of nitrogens with one attached hydrogen (secondary N) is 1. The van der Waals surface area contributed by atoms with Crippen LogP contribution >= 0.6 is 0 Å². The van der Waals surface area contributed by atoms with Crippen molar-refractivity contribution in [1.29, 1.82) is 0 Å². The number of aliphatic hydroxyl groups is 1. The van der Waals surface area contributed by atoms with E-state index in [2.05, 4.69) is 5.32 Å². The van der Waals surface area contributed by atoms with Crippen LogP contribution in [0.1, 0.15) is 13.3 Å². The molecule has 0 saturated heterocycles. The molecule has 0 aromatic heterocycles. The standard InChI is InChI=1S/C6H11NO3/c1-5(9)7-3-2-6(10)4-8/h4,6,10H,2-3H2,1H3,(H,7,9)/t6-/m1/s1. The highest BCUT2D eigenvalue weighted by atomic mass is 16.3. The molecule has 0 spiro atoms. The summed E-state index contributed by atoms with van der Waals surface area (Å²) in [7, 11) is 0. The molecule has 1 atom stereocenters. The number of aldehydes is 1. The van der Waals surface area contributed by atoms with E-state index in [0.29, 0.717) is 12.8 Å². The van der Waals surface area contributed by atoms with Crippen LogP contribution in [0.3, 0.4) is 0 Å². The Hall–Kier alpha value is -0.900. The Balaban J connectivity index is 3.19. The van der Waals surface area contributed by atoms with Gasteiger partial charge in [0.2, 0.25) is 5.91 Å². The molecule has 0 fully saturated rings. The molecule has 0 unspecified atom stereocenters. The number of amides is 1. The topological polar surface area (TPSA) is 66.4 Å². The summed E-state index contributed by atoms with van der Waals surface area (Å²) in [5.74, 6) is -0.155. The number of carbonyl (C=O) groups is 2. The maximum Gasteiger partial charge on any atom is 0.216 e. The van der Waals surface area contributed by atoms with Gasteiger partial charge in [-0.1, -0.05) is 0 Å². The lowest BCUT2D eigenvalue weighted by Gasteiger charge is -2.01. The fourth-order valence-corrected chi connectivity index (χ4v) is 0.464. The van der Waals surface area contributed by atoms with Crippen LogP contribution in [0.2, 0.25) is 0 Å². The predicted molar refractivity (Wildman–Crippen MR) is 35.4 cm³/mol. The second-order valence-corrected chi connectivity index (χ2v) is 1.98. The third-order valence-electron chi connectivity index (χ3n) is 0.971. The van der Waals surface area contributed by atoms with Gasteiger partial charge in [-0.2, -0.15) is 0 Å². The molecular formula is C6H11NO3. The predicted octanol–water partition coefficient (Wildman–Crippen LogP) is -0.928. The molecule has 0 aromatic carbocycles. The molecule has 0 aliphatic heterocycles. The molecule has 0 aliphatic rings. The van der Waals surface area contributed by atoms with Crippen molar-refractivity contribution in [3.8, 4) is 0 Å². The minimum atomic E-state index is -0.952. The van der Waals surface area contributed by atoms with Gasteiger partial charge in [0.25, 0.3) is 0 Å². The van der Waals surface area contributed by atoms with E-state index in [1.54, 1.807) is 0 Å². The lowest BCUT2D eigenvalue weighted by Crippen LogP contribution is -2.24. The highest BCUT2D eigenvalue weighted by molar-refractivity contribution is 5.72. The molecule has 10 heavy (non-hydrogen) atoms. The third kappa shape index (κ3) is 5.24. The summed E-state index contributed by atoms with van der Waals surface area (Å²) < 4.78 is 0. The van der Waals surface area contributed by atoms with Gasteiger partial charge in [-0.25, -0.2) is 0 Å². The third-order valence-corrected chi connectivity index (χ3v) is 0.971. The normalized spacial score (nSPS) is 12.2. The zero-order valence-corrected chi connectivity index (χ0v) is 5.83. The Morgan fingerprint density at radius 1 is 1.80 bits per heavy atom. The Labute approximate surface area is 59.2 Å². The minimum Gasteiger partial charge on any atom is -0.386 e. The first-order chi connectivity index (χ1) is 4.66. The van der Waals surface area contributed by atoms with Crippen molar-refractivity contribution >= 4 is 12.2 Å². The zero-order valence-electron chi connectivity index (χ0n) is 5.83. The molecule has 0 radical (unpaired) electrons. The van der Waals surface area contributed by atoms with E-state index in [-0.39, 0.29) is 12.3 Å². The molecular weight excluding hydrogens is 134 g/mol. The summed E-state index contributed by atoms with van der Waals surface area (Å²) in [6.07, 6.45) is -0.225. The van der Waals surface area contributed by atoms with Crippen LogP contribution in [0.4, 0.5) is 0 Å². The minimum absolute atomic E-state index is 0.155. The Bertz CT molecular complexity index is 124. The van der Waals surface area contributed by atoms with E-state index in [0.717, 1.165) is 0 Å². The van der Waals surface area contributed by atoms with Gasteiger partial charge in [-0.15, -0.1) is 0 Å². The summed E-state index contributed by atoms with van der Waals surface area (Å²) in [4.78, 5) is 20.1. The molecule has 0 aliphatic carbocycles. The van der Waals surface area contributed by atoms with E-state index in [1.807, 2.05) is 0 Å². The number of hydrogen-bond donors (Lipinski definition) is 2. The SMILES string of the molecule is CC(=O)NCC[C@@H](O)C=O. The van der Waals surface area contributed by atoms with E-state index >= 15 is 0 Å². The van der Waals surface area contributed by atoms with E-state index < -0.39 is 6.10 Å². The molecule has 58 valence electrons. The zero-order chi connectivity index (χ0) is 7.98. The number of rotatable bonds is 4. The molecule has 4 nitrogen and oxygen atoms in total. The second-order valence-electron chi connectivity index (χ2n) is 1.98. The summed E-state index contributed by atoms with van der Waals surface area (Å²) in [6.45, 7) is 1.72. The molecule has 0 heterocycles. The van der Waals surface area contributed by atoms with E-state index in [9.17, 15) is 9.59 Å². The molecule has 4 heteroatoms. The van der Waals surface area contributed by atoms with Crippen molar-refractivity contribution in [2.75, 3.05) is 6.54 Å². The van der Waals surface area contributed by atoms with Gasteiger partial charge in [0.05, 0.1) is 0 Å². The van der Waals surface area contributed by atoms with Crippen molar-refractivity contribution < 1.29 is 14.7 Å². The Kier molecular flexibility index (Phi) is 4.49. The van der Waals surface area contributed by atoms with Gasteiger partial charge in [0, 0.05) is 13.5 Å². The highest BCUT2D eigenvalue weighted by Crippen LogP contribution is 1.83. The summed E-state index contributed by atoms with van der Waals surface area (Å²) in [6, 6.07) is 0. The van der Waals surface area contributed by atoms with Crippen molar-refractivity contribution in [3.05, 3.63) is 0 Å². The van der Waals surface area contributed by atoms with Crippen molar-refractivity contribution in [1.82, 2.24) is 5.32 Å². The lowest BCUT2D eigenvalue weighted by atomic mass is 10.3. The average Bonchev–Trinajstić information content (AvgIpc) is 1.87. The van der Waals surface area contributed by atoms with Crippen LogP contribution in [0.25, 0.3) is 0 Å². The van der Waals surface area contributed by atoms with E-state index in [1.165, 1.54) is 6.92 Å². The monoisotopic (exact) mass is 145 g/mol. The summed E-state index contributed by atoms with van der Waals surface area (Å²) in [5, 5.41) is 11.1. The maximum absolute atomic E-state index is 10.2. The quantitative estimate of drug-likeness (QED) is 0.502. The van der Waals surface area contributed by atoms with Gasteiger partial charge >= 0.3 is 0 Å². The van der Waals surface area contributed by atoms with Crippen LogP contribution in [-0.2, 0) is 9.59 Å². The Morgan fingerprint density at radius 2 is 2.40 bits per heavy atom. The molecule has 1 amide bonds. The van der Waals surface area contributed by atoms with Crippen LogP contribution in [-0.4, -0.2) is 29.9 Å². The highest BCUT2D eigenvalue weighted by Gasteiger charge is 1.99. The maximum atomic E-state index is 10.2. The van der Waals surface area contributed by atoms with Gasteiger partial charge in [0.15, 0.2) is 0 Å². The van der Waals surface area contributed by atoms with Crippen LogP contribution in [0.15, 0.2) is 0 Å². The van der Waals surface area contributed by atoms with Gasteiger partial charge in [-0.05, 0) is 6.42 Å². The molecule has 0 aromatic rings. The smallest absolute Gasteiger partial charge is 0.216 e. The second kappa shape index (κ2) is 4.93. The molecule has 0 bridgehead atoms. The number of hydrogen-bond acceptors (Lipinski definition) is 3. The van der Waals surface area contributed by atoms with Crippen LogP contribution in [0.5, 0.6) is 0 Å². The molecule has 0 saturated carbocycles. The van der Waals surface area contributed by atoms with Crippen LogP contribution < -0.4 is 5.32 Å². The van der Waals surface area contributed by atoms with Crippen molar-refractivity contribution in [2.24, 2.45) is 0 Å². The number of aliphatic hydroxyl groups excluding tert-OH is 1. The fourth-order valence-electron chi connectivity index (χ4n) is 0.464. The molecule has 0 rings (SSSR count). The summed E-state index contributed by atoms with van der Waals surface area (Å²) in [5.41, 5.74) is 0. The van der Waals surface area contributed by atoms with Gasteiger partial charge in [0.1, 0.15) is 12.4 Å². The van der Waals surface area contributed by atoms with Crippen molar-refractivity contribution in [3.63, 3.8) is 0 Å². The summed E-state index contributed by atoms with van der Waals surface area (Å²) >= 11 is 0. The van der Waals surface area contributed by atoms with Crippen molar-refractivity contribution in [2.45, 2.75) is 19.4 Å². The first-order valence-electron chi connectivity index (χ1n) is 3.04. The first-order valence-corrected chi connectivity index (χ1v) is 3.04. The number of carbonyl (C=O) groups excluding carboxylic acids is 2. The fraction of sp³-hybridized carbons (Fsp3) is 0.667. The lowest BCUT2D eigenvalue weighted by molar-refractivity contribution is -0.120. The van der Waals surface area contributed by atoms with E-state index in [4.69, 9.17) is 5.11 Å². The molecule has 2 N–H and O–H groups in total. The van der Waals surface area contributed by atoms with Gasteiger partial charge in [-0.3, -0.25) is 4.79 Å². The largest absolute Gasteiger partial charge is 0.386 e. The average molecular weight is 145 g/mol. The van der Waals surface area contributed by atoms with Gasteiger partial charge < -0.3 is 15.2 Å². The van der Waals surface area contributed by atoms with Crippen LogP contribution in [0, 0.1) is 0 Å².